The van der Waals surface area contributed by atoms with Crippen LogP contribution in [0.4, 0.5) is 0 Å². The van der Waals surface area contributed by atoms with Crippen LogP contribution >= 0.6 is 0 Å². The fraction of sp³-hybridized carbons (Fsp3) is 0.900. The Morgan fingerprint density at radius 1 is 1.29 bits per heavy atom. The molecule has 0 heterocycles. The van der Waals surface area contributed by atoms with Crippen molar-refractivity contribution in [2.45, 2.75) is 79.4 Å². The number of hydrogen-bond acceptors (Lipinski definition) is 4. The van der Waals surface area contributed by atoms with Gasteiger partial charge in [0.15, 0.2) is 0 Å². The average Bonchev–Trinajstić information content (AvgIpc) is 3.07. The number of carbonyl (C=O) groups excluding carboxylic acids is 1. The molecule has 0 bridgehead atoms. The Morgan fingerprint density at radius 2 is 1.88 bits per heavy atom. The Bertz CT molecular complexity index is 472. The number of aliphatic hydroxyl groups excluding tert-OH is 1. The Morgan fingerprint density at radius 3 is 2.29 bits per heavy atom. The third-order valence-electron chi connectivity index (χ3n) is 6.83. The maximum Gasteiger partial charge on any atom is 0.142 e. The summed E-state index contributed by atoms with van der Waals surface area (Å²) in [6.07, 6.45) is 4.26. The van der Waals surface area contributed by atoms with Gasteiger partial charge >= 0.3 is 0 Å². The summed E-state index contributed by atoms with van der Waals surface area (Å²) < 4.78 is 0. The number of carbonyl (C=O) groups is 1. The predicted octanol–water partition coefficient (Wildman–Crippen LogP) is 4.12. The summed E-state index contributed by atoms with van der Waals surface area (Å²) in [6.45, 7) is 13.9. The topological polar surface area (TPSA) is 66.8 Å². The average molecular weight is 339 g/mol. The molecule has 2 fully saturated rings. The van der Waals surface area contributed by atoms with Crippen LogP contribution < -0.4 is 0 Å². The molecule has 0 amide bonds. The first kappa shape index (κ1) is 19.9. The fourth-order valence-corrected chi connectivity index (χ4v) is 4.58. The SMILES string of the molecule is CC(C)C1[CH]CC(C)(C(=O)C2C(C(O)C(C)(C)OO)C2(C)C)CC1. The van der Waals surface area contributed by atoms with Crippen molar-refractivity contribution in [3.8, 4) is 0 Å². The number of rotatable bonds is 6. The molecule has 4 nitrogen and oxygen atoms in total. The smallest absolute Gasteiger partial charge is 0.142 e. The fourth-order valence-electron chi connectivity index (χ4n) is 4.58. The van der Waals surface area contributed by atoms with Crippen molar-refractivity contribution in [1.29, 1.82) is 0 Å². The number of Topliss-reactive ketones (excluding diaryl/α,β-unsaturated/α-hetero) is 1. The van der Waals surface area contributed by atoms with E-state index in [0.717, 1.165) is 19.3 Å². The minimum absolute atomic E-state index is 0.170. The maximum absolute atomic E-state index is 13.3. The van der Waals surface area contributed by atoms with E-state index in [1.807, 2.05) is 13.8 Å². The molecular formula is C20H35O4. The number of aliphatic hydroxyl groups is 1. The third kappa shape index (κ3) is 3.30. The van der Waals surface area contributed by atoms with Crippen molar-refractivity contribution in [2.75, 3.05) is 0 Å². The van der Waals surface area contributed by atoms with Gasteiger partial charge in [0.05, 0.1) is 6.10 Å². The molecule has 0 aromatic heterocycles. The van der Waals surface area contributed by atoms with Crippen LogP contribution in [0.25, 0.3) is 0 Å². The molecule has 0 aromatic carbocycles. The molecule has 0 aliphatic heterocycles. The highest BCUT2D eigenvalue weighted by Gasteiger charge is 2.68. The predicted molar refractivity (Wildman–Crippen MR) is 94.2 cm³/mol. The van der Waals surface area contributed by atoms with Gasteiger partial charge in [0.2, 0.25) is 0 Å². The summed E-state index contributed by atoms with van der Waals surface area (Å²) in [4.78, 5) is 17.7. The van der Waals surface area contributed by atoms with Crippen LogP contribution in [0.1, 0.15) is 67.7 Å². The van der Waals surface area contributed by atoms with E-state index in [1.165, 1.54) is 0 Å². The molecule has 2 aliphatic carbocycles. The van der Waals surface area contributed by atoms with E-state index in [0.29, 0.717) is 11.8 Å². The van der Waals surface area contributed by atoms with Gasteiger partial charge in [0.25, 0.3) is 0 Å². The van der Waals surface area contributed by atoms with Crippen LogP contribution in [-0.2, 0) is 9.68 Å². The molecule has 2 rings (SSSR count). The minimum atomic E-state index is -1.07. The molecule has 24 heavy (non-hydrogen) atoms. The van der Waals surface area contributed by atoms with Crippen LogP contribution in [-0.4, -0.2) is 27.9 Å². The van der Waals surface area contributed by atoms with Gasteiger partial charge in [0, 0.05) is 17.3 Å². The van der Waals surface area contributed by atoms with Crippen LogP contribution in [0, 0.1) is 40.9 Å². The van der Waals surface area contributed by atoms with Crippen molar-refractivity contribution >= 4 is 5.78 Å². The Kier molecular flexibility index (Phi) is 5.27. The molecule has 1 radical (unpaired) electrons. The van der Waals surface area contributed by atoms with E-state index >= 15 is 0 Å². The van der Waals surface area contributed by atoms with Gasteiger partial charge in [-0.1, -0.05) is 34.6 Å². The molecule has 139 valence electrons. The second-order valence-corrected chi connectivity index (χ2v) is 9.78. The lowest BCUT2D eigenvalue weighted by atomic mass is 9.65. The molecule has 0 aromatic rings. The highest BCUT2D eigenvalue weighted by Crippen LogP contribution is 2.64. The zero-order valence-electron chi connectivity index (χ0n) is 16.3. The van der Waals surface area contributed by atoms with Crippen molar-refractivity contribution in [3.05, 3.63) is 6.42 Å². The van der Waals surface area contributed by atoms with Crippen molar-refractivity contribution in [1.82, 2.24) is 0 Å². The molecule has 4 heteroatoms. The molecule has 0 saturated heterocycles. The van der Waals surface area contributed by atoms with Crippen molar-refractivity contribution < 1.29 is 20.0 Å². The lowest BCUT2D eigenvalue weighted by Gasteiger charge is -2.38. The van der Waals surface area contributed by atoms with Gasteiger partial charge in [-0.2, -0.15) is 0 Å². The van der Waals surface area contributed by atoms with Gasteiger partial charge in [-0.3, -0.25) is 10.1 Å². The zero-order chi connectivity index (χ0) is 18.5. The van der Waals surface area contributed by atoms with E-state index in [4.69, 9.17) is 5.26 Å². The minimum Gasteiger partial charge on any atom is -0.390 e. The van der Waals surface area contributed by atoms with E-state index in [2.05, 4.69) is 32.1 Å². The van der Waals surface area contributed by atoms with Crippen LogP contribution in [0.3, 0.4) is 0 Å². The Labute approximate surface area is 146 Å². The van der Waals surface area contributed by atoms with Gasteiger partial charge in [-0.15, -0.1) is 0 Å². The number of hydrogen-bond donors (Lipinski definition) is 2. The summed E-state index contributed by atoms with van der Waals surface area (Å²) in [5.41, 5.74) is -1.66. The van der Waals surface area contributed by atoms with E-state index in [1.54, 1.807) is 13.8 Å². The van der Waals surface area contributed by atoms with E-state index < -0.39 is 11.7 Å². The van der Waals surface area contributed by atoms with Crippen LogP contribution in [0.2, 0.25) is 0 Å². The normalized spacial score (nSPS) is 37.3. The summed E-state index contributed by atoms with van der Waals surface area (Å²) >= 11 is 0. The van der Waals surface area contributed by atoms with Gasteiger partial charge in [-0.25, -0.2) is 4.89 Å². The summed E-state index contributed by atoms with van der Waals surface area (Å²) in [6, 6.07) is 0. The quantitative estimate of drug-likeness (QED) is 0.564. The van der Waals surface area contributed by atoms with Gasteiger partial charge < -0.3 is 5.11 Å². The first-order valence-electron chi connectivity index (χ1n) is 9.27. The largest absolute Gasteiger partial charge is 0.390 e. The Hall–Kier alpha value is -0.450. The van der Waals surface area contributed by atoms with E-state index in [-0.39, 0.29) is 28.4 Å². The highest BCUT2D eigenvalue weighted by molar-refractivity contribution is 5.90. The van der Waals surface area contributed by atoms with Crippen molar-refractivity contribution in [2.24, 2.45) is 34.5 Å². The lowest BCUT2D eigenvalue weighted by Crippen LogP contribution is -2.42. The molecule has 0 spiro atoms. The highest BCUT2D eigenvalue weighted by atomic mass is 17.1. The molecule has 2 saturated carbocycles. The Balaban J connectivity index is 2.10. The maximum atomic E-state index is 13.3. The third-order valence-corrected chi connectivity index (χ3v) is 6.83. The van der Waals surface area contributed by atoms with Crippen LogP contribution in [0.15, 0.2) is 0 Å². The second kappa shape index (κ2) is 6.37. The number of ketones is 1. The first-order chi connectivity index (χ1) is 10.9. The molecule has 2 aliphatic rings. The van der Waals surface area contributed by atoms with E-state index in [9.17, 15) is 9.90 Å². The standard InChI is InChI=1S/C20H35O4/c1-12(2)13-8-10-20(7,11-9-13)17(22)15-14(18(15,3)4)16(21)19(5,6)24-23/h8,12-16,21,23H,9-11H2,1-7H3. The van der Waals surface area contributed by atoms with Gasteiger partial charge in [-0.05, 0) is 56.8 Å². The molecule has 5 atom stereocenters. The lowest BCUT2D eigenvalue weighted by molar-refractivity contribution is -0.336. The van der Waals surface area contributed by atoms with Crippen LogP contribution in [0.5, 0.6) is 0 Å². The molecule has 5 unspecified atom stereocenters. The summed E-state index contributed by atoms with van der Waals surface area (Å²) in [5.74, 6) is 1.15. The summed E-state index contributed by atoms with van der Waals surface area (Å²) in [5, 5.41) is 19.7. The second-order valence-electron chi connectivity index (χ2n) is 9.78. The van der Waals surface area contributed by atoms with Gasteiger partial charge in [0.1, 0.15) is 11.4 Å². The monoisotopic (exact) mass is 339 g/mol. The molecular weight excluding hydrogens is 304 g/mol. The van der Waals surface area contributed by atoms with Crippen molar-refractivity contribution in [3.63, 3.8) is 0 Å². The molecule has 2 N–H and O–H groups in total. The zero-order valence-corrected chi connectivity index (χ0v) is 16.3. The summed E-state index contributed by atoms with van der Waals surface area (Å²) in [7, 11) is 0. The first-order valence-corrected chi connectivity index (χ1v) is 9.27.